The van der Waals surface area contributed by atoms with Crippen molar-refractivity contribution in [2.75, 3.05) is 43.4 Å². The molecule has 1 aromatic rings. The third-order valence-corrected chi connectivity index (χ3v) is 3.45. The average Bonchev–Trinajstić information content (AvgIpc) is 2.47. The fourth-order valence-electron chi connectivity index (χ4n) is 2.58. The zero-order valence-electron chi connectivity index (χ0n) is 9.56. The molecule has 1 N–H and O–H groups in total. The van der Waals surface area contributed by atoms with Crippen molar-refractivity contribution in [3.8, 4) is 0 Å². The van der Waals surface area contributed by atoms with Gasteiger partial charge in [-0.2, -0.15) is 5.10 Å². The minimum absolute atomic E-state index is 0.573. The zero-order valence-corrected chi connectivity index (χ0v) is 9.56. The van der Waals surface area contributed by atoms with Gasteiger partial charge in [-0.15, -0.1) is 5.10 Å². The van der Waals surface area contributed by atoms with Crippen molar-refractivity contribution in [2.24, 2.45) is 0 Å². The van der Waals surface area contributed by atoms with Gasteiger partial charge in [-0.1, -0.05) is 0 Å². The largest absolute Gasteiger partial charge is 0.382 e. The van der Waals surface area contributed by atoms with E-state index in [2.05, 4.69) is 32.4 Å². The Bertz CT molecular complexity index is 380. The third kappa shape index (κ3) is 1.61. The van der Waals surface area contributed by atoms with Crippen LogP contribution in [0, 0.1) is 0 Å². The summed E-state index contributed by atoms with van der Waals surface area (Å²) in [6, 6.07) is 2.59. The van der Waals surface area contributed by atoms with Crippen molar-refractivity contribution in [3.05, 3.63) is 12.3 Å². The summed E-state index contributed by atoms with van der Waals surface area (Å²) in [5, 5.41) is 11.7. The summed E-state index contributed by atoms with van der Waals surface area (Å²) in [6.07, 6.45) is 2.92. The monoisotopic (exact) mass is 219 g/mol. The Hall–Kier alpha value is -1.36. The molecule has 0 spiro atoms. The number of anilines is 2. The Labute approximate surface area is 95.5 Å². The molecule has 0 aromatic carbocycles. The molecule has 1 fully saturated rings. The molecule has 0 aliphatic carbocycles. The number of fused-ring (bicyclic) bond motifs is 3. The molecule has 0 radical (unpaired) electrons. The van der Waals surface area contributed by atoms with Gasteiger partial charge in [0.05, 0.1) is 11.9 Å². The van der Waals surface area contributed by atoms with E-state index in [1.807, 2.05) is 6.07 Å². The summed E-state index contributed by atoms with van der Waals surface area (Å²) in [5.41, 5.74) is 1.13. The molecule has 0 amide bonds. The highest BCUT2D eigenvalue weighted by Gasteiger charge is 2.29. The molecule has 1 atom stereocenters. The molecule has 1 aromatic heterocycles. The molecule has 0 bridgehead atoms. The highest BCUT2D eigenvalue weighted by atomic mass is 15.3. The number of nitrogens with one attached hydrogen (secondary N) is 1. The van der Waals surface area contributed by atoms with Gasteiger partial charge in [0.2, 0.25) is 0 Å². The van der Waals surface area contributed by atoms with Gasteiger partial charge in [-0.05, 0) is 19.5 Å². The summed E-state index contributed by atoms with van der Waals surface area (Å²) in [7, 11) is 2.19. The molecule has 1 unspecified atom stereocenters. The Morgan fingerprint density at radius 2 is 2.38 bits per heavy atom. The number of piperazine rings is 1. The summed E-state index contributed by atoms with van der Waals surface area (Å²) < 4.78 is 0. The van der Waals surface area contributed by atoms with Crippen LogP contribution in [0.5, 0.6) is 0 Å². The molecule has 0 saturated carbocycles. The van der Waals surface area contributed by atoms with Crippen LogP contribution < -0.4 is 10.2 Å². The average molecular weight is 219 g/mol. The molecular formula is C11H17N5. The van der Waals surface area contributed by atoms with Gasteiger partial charge in [0.15, 0.2) is 5.82 Å². The fraction of sp³-hybridized carbons (Fsp3) is 0.636. The van der Waals surface area contributed by atoms with E-state index < -0.39 is 0 Å². The van der Waals surface area contributed by atoms with E-state index >= 15 is 0 Å². The fourth-order valence-corrected chi connectivity index (χ4v) is 2.58. The quantitative estimate of drug-likeness (QED) is 0.685. The van der Waals surface area contributed by atoms with E-state index in [1.54, 1.807) is 6.20 Å². The number of nitrogens with zero attached hydrogens (tertiary/aromatic N) is 4. The van der Waals surface area contributed by atoms with Gasteiger partial charge in [-0.25, -0.2) is 0 Å². The molecule has 3 rings (SSSR count). The number of aromatic nitrogens is 2. The van der Waals surface area contributed by atoms with Crippen molar-refractivity contribution < 1.29 is 0 Å². The lowest BCUT2D eigenvalue weighted by Gasteiger charge is -2.39. The van der Waals surface area contributed by atoms with E-state index in [0.29, 0.717) is 6.04 Å². The van der Waals surface area contributed by atoms with E-state index in [4.69, 9.17) is 0 Å². The first-order valence-electron chi connectivity index (χ1n) is 5.85. The van der Waals surface area contributed by atoms with Crippen LogP contribution in [0.3, 0.4) is 0 Å². The number of rotatable bonds is 0. The van der Waals surface area contributed by atoms with Crippen LogP contribution >= 0.6 is 0 Å². The van der Waals surface area contributed by atoms with Crippen molar-refractivity contribution in [1.82, 2.24) is 15.1 Å². The molecule has 3 heterocycles. The standard InChI is InChI=1S/C11H17N5/c1-15-6-7-16-9(8-15)2-4-12-10-3-5-13-14-11(10)16/h3,5,9,12H,2,4,6-8H2,1H3. The van der Waals surface area contributed by atoms with Gasteiger partial charge in [-0.3, -0.25) is 0 Å². The second-order valence-electron chi connectivity index (χ2n) is 4.59. The van der Waals surface area contributed by atoms with Crippen molar-refractivity contribution in [2.45, 2.75) is 12.5 Å². The molecule has 2 aliphatic heterocycles. The number of likely N-dealkylation sites (N-methyl/N-ethyl adjacent to an activating group) is 1. The summed E-state index contributed by atoms with van der Waals surface area (Å²) in [4.78, 5) is 4.80. The van der Waals surface area contributed by atoms with E-state index in [1.165, 1.54) is 6.42 Å². The first-order chi connectivity index (χ1) is 7.84. The Kier molecular flexibility index (Phi) is 2.40. The minimum Gasteiger partial charge on any atom is -0.382 e. The first kappa shape index (κ1) is 9.84. The van der Waals surface area contributed by atoms with Crippen LogP contribution in [0.25, 0.3) is 0 Å². The summed E-state index contributed by atoms with van der Waals surface area (Å²) in [5.74, 6) is 1.03. The lowest BCUT2D eigenvalue weighted by molar-refractivity contribution is 0.263. The van der Waals surface area contributed by atoms with Gasteiger partial charge in [0.25, 0.3) is 0 Å². The molecule has 5 nitrogen and oxygen atoms in total. The van der Waals surface area contributed by atoms with Gasteiger partial charge in [0, 0.05) is 32.2 Å². The lowest BCUT2D eigenvalue weighted by Crippen LogP contribution is -2.52. The predicted octanol–water partition coefficient (Wildman–Crippen LogP) is 0.413. The molecule has 86 valence electrons. The van der Waals surface area contributed by atoms with Crippen molar-refractivity contribution >= 4 is 11.5 Å². The zero-order chi connectivity index (χ0) is 11.0. The van der Waals surface area contributed by atoms with Gasteiger partial charge < -0.3 is 15.1 Å². The van der Waals surface area contributed by atoms with Gasteiger partial charge in [0.1, 0.15) is 0 Å². The van der Waals surface area contributed by atoms with Crippen LogP contribution in [-0.2, 0) is 0 Å². The number of hydrogen-bond donors (Lipinski definition) is 1. The lowest BCUT2D eigenvalue weighted by atomic mass is 10.1. The Balaban J connectivity index is 1.95. The molecular weight excluding hydrogens is 202 g/mol. The minimum atomic E-state index is 0.573. The van der Waals surface area contributed by atoms with Crippen LogP contribution in [0.2, 0.25) is 0 Å². The second kappa shape index (κ2) is 3.90. The Morgan fingerprint density at radius 3 is 3.31 bits per heavy atom. The maximum Gasteiger partial charge on any atom is 0.175 e. The summed E-state index contributed by atoms with van der Waals surface area (Å²) >= 11 is 0. The van der Waals surface area contributed by atoms with Crippen molar-refractivity contribution in [1.29, 1.82) is 0 Å². The maximum absolute atomic E-state index is 4.28. The third-order valence-electron chi connectivity index (χ3n) is 3.45. The van der Waals surface area contributed by atoms with Crippen LogP contribution in [0.1, 0.15) is 6.42 Å². The van der Waals surface area contributed by atoms with Crippen LogP contribution in [0.15, 0.2) is 12.3 Å². The highest BCUT2D eigenvalue weighted by molar-refractivity contribution is 5.66. The van der Waals surface area contributed by atoms with Gasteiger partial charge >= 0.3 is 0 Å². The smallest absolute Gasteiger partial charge is 0.175 e. The van der Waals surface area contributed by atoms with Crippen molar-refractivity contribution in [3.63, 3.8) is 0 Å². The van der Waals surface area contributed by atoms with E-state index in [9.17, 15) is 0 Å². The van der Waals surface area contributed by atoms with E-state index in [0.717, 1.165) is 37.7 Å². The topological polar surface area (TPSA) is 44.3 Å². The predicted molar refractivity (Wildman–Crippen MR) is 63.8 cm³/mol. The summed E-state index contributed by atoms with van der Waals surface area (Å²) in [6.45, 7) is 4.30. The molecule has 16 heavy (non-hydrogen) atoms. The normalized spacial score (nSPS) is 25.3. The first-order valence-corrected chi connectivity index (χ1v) is 5.85. The second-order valence-corrected chi connectivity index (χ2v) is 4.59. The number of hydrogen-bond acceptors (Lipinski definition) is 5. The maximum atomic E-state index is 4.28. The molecule has 5 heteroatoms. The van der Waals surface area contributed by atoms with E-state index in [-0.39, 0.29) is 0 Å². The SMILES string of the molecule is CN1CCN2c3nnccc3NCCC2C1. The Morgan fingerprint density at radius 1 is 1.44 bits per heavy atom. The van der Waals surface area contributed by atoms with Crippen LogP contribution in [-0.4, -0.2) is 54.4 Å². The van der Waals surface area contributed by atoms with Crippen LogP contribution in [0.4, 0.5) is 11.5 Å². The molecule has 1 saturated heterocycles. The molecule has 2 aliphatic rings. The highest BCUT2D eigenvalue weighted by Crippen LogP contribution is 2.29.